The molecule has 0 unspecified atom stereocenters. The van der Waals surface area contributed by atoms with Crippen LogP contribution in [0.5, 0.6) is 0 Å². The number of rotatable bonds is 4. The number of carbonyl (C=O) groups excluding carboxylic acids is 2. The topological polar surface area (TPSA) is 58.6 Å². The second-order valence-electron chi connectivity index (χ2n) is 5.31. The van der Waals surface area contributed by atoms with Gasteiger partial charge < -0.3 is 15.0 Å². The van der Waals surface area contributed by atoms with Crippen LogP contribution in [0, 0.1) is 0 Å². The zero-order valence-corrected chi connectivity index (χ0v) is 12.4. The first kappa shape index (κ1) is 15.4. The van der Waals surface area contributed by atoms with Crippen molar-refractivity contribution in [2.45, 2.75) is 38.8 Å². The standard InChI is InChI=1S/C16H22N2O3/c1-13(15(19)18-10-6-3-7-11-18)17-16(20)21-12-14-8-4-2-5-9-14/h2,4-5,8-9,13H,3,6-7,10-12H2,1H3,(H,17,20)/t13-/m1/s1. The van der Waals surface area contributed by atoms with Gasteiger partial charge in [0, 0.05) is 13.1 Å². The van der Waals surface area contributed by atoms with Crippen LogP contribution in [0.2, 0.25) is 0 Å². The third-order valence-corrected chi connectivity index (χ3v) is 3.59. The molecule has 1 aromatic carbocycles. The number of ether oxygens (including phenoxy) is 1. The van der Waals surface area contributed by atoms with Crippen LogP contribution in [-0.2, 0) is 16.1 Å². The van der Waals surface area contributed by atoms with Gasteiger partial charge in [-0.1, -0.05) is 30.3 Å². The number of alkyl carbamates (subject to hydrolysis) is 1. The van der Waals surface area contributed by atoms with Crippen LogP contribution in [0.4, 0.5) is 4.79 Å². The lowest BCUT2D eigenvalue weighted by molar-refractivity contribution is -0.133. The first-order chi connectivity index (χ1) is 10.2. The van der Waals surface area contributed by atoms with Crippen molar-refractivity contribution in [3.05, 3.63) is 35.9 Å². The third kappa shape index (κ3) is 4.77. The van der Waals surface area contributed by atoms with Crippen molar-refractivity contribution in [2.75, 3.05) is 13.1 Å². The Kier molecular flexibility index (Phi) is 5.60. The lowest BCUT2D eigenvalue weighted by atomic mass is 10.1. The molecule has 2 rings (SSSR count). The molecule has 1 N–H and O–H groups in total. The quantitative estimate of drug-likeness (QED) is 0.925. The van der Waals surface area contributed by atoms with Crippen molar-refractivity contribution >= 4 is 12.0 Å². The Balaban J connectivity index is 1.74. The minimum Gasteiger partial charge on any atom is -0.445 e. The van der Waals surface area contributed by atoms with Crippen molar-refractivity contribution in [3.63, 3.8) is 0 Å². The zero-order chi connectivity index (χ0) is 15.1. The summed E-state index contributed by atoms with van der Waals surface area (Å²) in [6.45, 7) is 3.46. The fourth-order valence-corrected chi connectivity index (χ4v) is 2.39. The third-order valence-electron chi connectivity index (χ3n) is 3.59. The second kappa shape index (κ2) is 7.67. The van der Waals surface area contributed by atoms with Gasteiger partial charge in [0.1, 0.15) is 12.6 Å². The average Bonchev–Trinajstić information content (AvgIpc) is 2.54. The highest BCUT2D eigenvalue weighted by molar-refractivity contribution is 5.85. The molecule has 21 heavy (non-hydrogen) atoms. The normalized spacial score (nSPS) is 16.1. The molecule has 0 aliphatic carbocycles. The van der Waals surface area contributed by atoms with E-state index in [1.54, 1.807) is 6.92 Å². The molecule has 1 fully saturated rings. The van der Waals surface area contributed by atoms with Gasteiger partial charge >= 0.3 is 6.09 Å². The summed E-state index contributed by atoms with van der Waals surface area (Å²) >= 11 is 0. The number of hydrogen-bond donors (Lipinski definition) is 1. The van der Waals surface area contributed by atoms with E-state index < -0.39 is 12.1 Å². The number of likely N-dealkylation sites (tertiary alicyclic amines) is 1. The molecule has 1 atom stereocenters. The molecule has 5 heteroatoms. The molecule has 1 aliphatic heterocycles. The van der Waals surface area contributed by atoms with Crippen LogP contribution in [0.3, 0.4) is 0 Å². The van der Waals surface area contributed by atoms with E-state index >= 15 is 0 Å². The fourth-order valence-electron chi connectivity index (χ4n) is 2.39. The SMILES string of the molecule is C[C@@H](NC(=O)OCc1ccccc1)C(=O)N1CCCCC1. The average molecular weight is 290 g/mol. The molecule has 0 aromatic heterocycles. The molecule has 2 amide bonds. The molecule has 1 aliphatic rings. The maximum Gasteiger partial charge on any atom is 0.408 e. The number of nitrogens with zero attached hydrogens (tertiary/aromatic N) is 1. The molecule has 1 aromatic rings. The molecule has 0 saturated carbocycles. The first-order valence-corrected chi connectivity index (χ1v) is 7.43. The Morgan fingerprint density at radius 2 is 1.86 bits per heavy atom. The summed E-state index contributed by atoms with van der Waals surface area (Å²) in [6.07, 6.45) is 2.69. The number of nitrogens with one attached hydrogen (secondary N) is 1. The summed E-state index contributed by atoms with van der Waals surface area (Å²) in [7, 11) is 0. The summed E-state index contributed by atoms with van der Waals surface area (Å²) in [4.78, 5) is 25.7. The van der Waals surface area contributed by atoms with Gasteiger partial charge in [-0.05, 0) is 31.7 Å². The highest BCUT2D eigenvalue weighted by atomic mass is 16.5. The lowest BCUT2D eigenvalue weighted by Crippen LogP contribution is -2.48. The highest BCUT2D eigenvalue weighted by Crippen LogP contribution is 2.10. The van der Waals surface area contributed by atoms with E-state index in [4.69, 9.17) is 4.74 Å². The van der Waals surface area contributed by atoms with Crippen LogP contribution < -0.4 is 5.32 Å². The summed E-state index contributed by atoms with van der Waals surface area (Å²) in [5, 5.41) is 2.59. The Morgan fingerprint density at radius 1 is 1.19 bits per heavy atom. The molecule has 0 spiro atoms. The van der Waals surface area contributed by atoms with Crippen LogP contribution >= 0.6 is 0 Å². The molecule has 1 saturated heterocycles. The Morgan fingerprint density at radius 3 is 2.52 bits per heavy atom. The van der Waals surface area contributed by atoms with Crippen molar-refractivity contribution in [1.29, 1.82) is 0 Å². The zero-order valence-electron chi connectivity index (χ0n) is 12.4. The van der Waals surface area contributed by atoms with Gasteiger partial charge in [-0.15, -0.1) is 0 Å². The van der Waals surface area contributed by atoms with E-state index in [9.17, 15) is 9.59 Å². The van der Waals surface area contributed by atoms with Gasteiger partial charge in [-0.3, -0.25) is 4.79 Å². The van der Waals surface area contributed by atoms with Crippen molar-refractivity contribution in [2.24, 2.45) is 0 Å². The first-order valence-electron chi connectivity index (χ1n) is 7.43. The van der Waals surface area contributed by atoms with Gasteiger partial charge in [-0.25, -0.2) is 4.79 Å². The number of piperidine rings is 1. The predicted octanol–water partition coefficient (Wildman–Crippen LogP) is 2.31. The van der Waals surface area contributed by atoms with Crippen molar-refractivity contribution in [1.82, 2.24) is 10.2 Å². The Bertz CT molecular complexity index is 470. The van der Waals surface area contributed by atoms with E-state index in [0.717, 1.165) is 31.5 Å². The van der Waals surface area contributed by atoms with E-state index in [0.29, 0.717) is 0 Å². The van der Waals surface area contributed by atoms with Crippen LogP contribution in [-0.4, -0.2) is 36.0 Å². The molecule has 0 bridgehead atoms. The van der Waals surface area contributed by atoms with E-state index in [1.165, 1.54) is 6.42 Å². The van der Waals surface area contributed by atoms with E-state index in [2.05, 4.69) is 5.32 Å². The molecule has 1 heterocycles. The van der Waals surface area contributed by atoms with Gasteiger partial charge in [-0.2, -0.15) is 0 Å². The summed E-state index contributed by atoms with van der Waals surface area (Å²) in [5.74, 6) is -0.0358. The Hall–Kier alpha value is -2.04. The summed E-state index contributed by atoms with van der Waals surface area (Å²) in [6, 6.07) is 8.90. The number of carbonyl (C=O) groups is 2. The lowest BCUT2D eigenvalue weighted by Gasteiger charge is -2.29. The maximum atomic E-state index is 12.2. The van der Waals surface area contributed by atoms with Gasteiger partial charge in [0.2, 0.25) is 5.91 Å². The molecular weight excluding hydrogens is 268 g/mol. The van der Waals surface area contributed by atoms with Crippen molar-refractivity contribution in [3.8, 4) is 0 Å². The van der Waals surface area contributed by atoms with Crippen LogP contribution in [0.25, 0.3) is 0 Å². The smallest absolute Gasteiger partial charge is 0.408 e. The van der Waals surface area contributed by atoms with Gasteiger partial charge in [0.15, 0.2) is 0 Å². The second-order valence-corrected chi connectivity index (χ2v) is 5.31. The number of amides is 2. The molecular formula is C16H22N2O3. The van der Waals surface area contributed by atoms with Gasteiger partial charge in [0.05, 0.1) is 0 Å². The van der Waals surface area contributed by atoms with Gasteiger partial charge in [0.25, 0.3) is 0 Å². The summed E-state index contributed by atoms with van der Waals surface area (Å²) < 4.78 is 5.12. The van der Waals surface area contributed by atoms with Crippen molar-refractivity contribution < 1.29 is 14.3 Å². The molecule has 114 valence electrons. The largest absolute Gasteiger partial charge is 0.445 e. The van der Waals surface area contributed by atoms with Crippen LogP contribution in [0.15, 0.2) is 30.3 Å². The predicted molar refractivity (Wildman–Crippen MR) is 79.7 cm³/mol. The number of benzene rings is 1. The van der Waals surface area contributed by atoms with Crippen LogP contribution in [0.1, 0.15) is 31.7 Å². The Labute approximate surface area is 125 Å². The maximum absolute atomic E-state index is 12.2. The molecule has 5 nitrogen and oxygen atoms in total. The minimum absolute atomic E-state index is 0.0358. The summed E-state index contributed by atoms with van der Waals surface area (Å²) in [5.41, 5.74) is 0.919. The van der Waals surface area contributed by atoms with E-state index in [-0.39, 0.29) is 12.5 Å². The van der Waals surface area contributed by atoms with E-state index in [1.807, 2.05) is 35.2 Å². The monoisotopic (exact) mass is 290 g/mol. The fraction of sp³-hybridized carbons (Fsp3) is 0.500. The minimum atomic E-state index is -0.559. The highest BCUT2D eigenvalue weighted by Gasteiger charge is 2.23. The number of hydrogen-bond acceptors (Lipinski definition) is 3. The molecule has 0 radical (unpaired) electrons.